The number of rotatable bonds is 7. The molecule has 6 N–H and O–H groups in total. The van der Waals surface area contributed by atoms with Crippen molar-refractivity contribution >= 4 is 28.6 Å². The van der Waals surface area contributed by atoms with Crippen LogP contribution < -0.4 is 16.8 Å². The van der Waals surface area contributed by atoms with Crippen LogP contribution in [0.2, 0.25) is 0 Å². The molecule has 0 saturated heterocycles. The lowest BCUT2D eigenvalue weighted by Crippen LogP contribution is -2.36. The molecule has 7 heteroatoms. The first-order valence-corrected chi connectivity index (χ1v) is 11.2. The lowest BCUT2D eigenvalue weighted by Gasteiger charge is -2.12. The molecule has 0 heterocycles. The summed E-state index contributed by atoms with van der Waals surface area (Å²) in [5.41, 5.74) is 15.8. The van der Waals surface area contributed by atoms with E-state index in [0.717, 1.165) is 33.0 Å². The van der Waals surface area contributed by atoms with Gasteiger partial charge in [0, 0.05) is 5.56 Å². The molecule has 0 fully saturated rings. The summed E-state index contributed by atoms with van der Waals surface area (Å²) in [6.07, 6.45) is 0.178. The van der Waals surface area contributed by atoms with Gasteiger partial charge < -0.3 is 16.6 Å². The molecule has 1 amide bonds. The molecule has 4 aromatic carbocycles. The van der Waals surface area contributed by atoms with Crippen LogP contribution in [0, 0.1) is 0 Å². The zero-order chi connectivity index (χ0) is 24.8. The number of amides is 1. The second kappa shape index (κ2) is 10.6. The standard InChI is InChI=1S/C28H26N4O3/c29-25(27(34)35)16-18-12-14-20(15-13-18)26(33)32-28(30)31-17-21-7-2-4-10-23(21)24-11-5-8-19-6-1-3-9-22(19)24/h1-15,25H,16-17,29H2,(H,34,35)(H3,30,31,32,33)/t25-/m0/s1. The Labute approximate surface area is 203 Å². The van der Waals surface area contributed by atoms with E-state index >= 15 is 0 Å². The van der Waals surface area contributed by atoms with E-state index in [1.54, 1.807) is 24.3 Å². The molecule has 0 spiro atoms. The number of fused-ring (bicyclic) bond motifs is 1. The highest BCUT2D eigenvalue weighted by Crippen LogP contribution is 2.31. The maximum atomic E-state index is 12.6. The highest BCUT2D eigenvalue weighted by Gasteiger charge is 2.13. The van der Waals surface area contributed by atoms with Crippen LogP contribution in [0.4, 0.5) is 0 Å². The highest BCUT2D eigenvalue weighted by atomic mass is 16.4. The molecule has 4 rings (SSSR count). The summed E-state index contributed by atoms with van der Waals surface area (Å²) in [5, 5.41) is 13.8. The number of nitrogens with one attached hydrogen (secondary N) is 1. The molecule has 0 unspecified atom stereocenters. The van der Waals surface area contributed by atoms with Gasteiger partial charge in [-0.3, -0.25) is 14.9 Å². The van der Waals surface area contributed by atoms with E-state index in [4.69, 9.17) is 16.6 Å². The van der Waals surface area contributed by atoms with Crippen molar-refractivity contribution in [3.8, 4) is 11.1 Å². The Hall–Kier alpha value is -4.49. The number of hydrogen-bond acceptors (Lipinski definition) is 4. The van der Waals surface area contributed by atoms with Gasteiger partial charge in [0.1, 0.15) is 6.04 Å². The molecule has 0 aliphatic heterocycles. The summed E-state index contributed by atoms with van der Waals surface area (Å²) >= 11 is 0. The summed E-state index contributed by atoms with van der Waals surface area (Å²) in [4.78, 5) is 27.8. The number of guanidine groups is 1. The number of aliphatic imine (C=N–C) groups is 1. The Morgan fingerprint density at radius 3 is 2.29 bits per heavy atom. The monoisotopic (exact) mass is 466 g/mol. The zero-order valence-corrected chi connectivity index (χ0v) is 19.0. The minimum atomic E-state index is -1.07. The lowest BCUT2D eigenvalue weighted by atomic mass is 9.95. The topological polar surface area (TPSA) is 131 Å². The fourth-order valence-electron chi connectivity index (χ4n) is 3.91. The van der Waals surface area contributed by atoms with E-state index in [1.807, 2.05) is 36.4 Å². The van der Waals surface area contributed by atoms with Gasteiger partial charge >= 0.3 is 5.97 Å². The second-order valence-corrected chi connectivity index (χ2v) is 8.19. The fourth-order valence-corrected chi connectivity index (χ4v) is 3.91. The predicted octanol–water partition coefficient (Wildman–Crippen LogP) is 3.71. The van der Waals surface area contributed by atoms with Crippen LogP contribution in [0.15, 0.2) is 96.0 Å². The Bertz CT molecular complexity index is 1390. The Balaban J connectivity index is 1.47. The average Bonchev–Trinajstić information content (AvgIpc) is 2.87. The van der Waals surface area contributed by atoms with Gasteiger partial charge in [-0.2, -0.15) is 0 Å². The SMILES string of the molecule is NC(=NCc1ccccc1-c1cccc2ccccc12)NC(=O)c1ccc(C[C@H](N)C(=O)O)cc1. The van der Waals surface area contributed by atoms with Crippen molar-refractivity contribution in [3.05, 3.63) is 108 Å². The van der Waals surface area contributed by atoms with Crippen LogP contribution in [0.1, 0.15) is 21.5 Å². The summed E-state index contributed by atoms with van der Waals surface area (Å²) < 4.78 is 0. The number of nitrogens with two attached hydrogens (primary N) is 2. The van der Waals surface area contributed by atoms with Crippen molar-refractivity contribution in [2.24, 2.45) is 16.5 Å². The summed E-state index contributed by atoms with van der Waals surface area (Å²) in [5.74, 6) is -1.46. The van der Waals surface area contributed by atoms with Crippen molar-refractivity contribution in [1.82, 2.24) is 5.32 Å². The smallest absolute Gasteiger partial charge is 0.320 e. The Morgan fingerprint density at radius 2 is 1.51 bits per heavy atom. The molecule has 0 saturated carbocycles. The number of aliphatic carboxylic acids is 1. The molecular weight excluding hydrogens is 440 g/mol. The first-order valence-electron chi connectivity index (χ1n) is 11.2. The average molecular weight is 467 g/mol. The lowest BCUT2D eigenvalue weighted by molar-refractivity contribution is -0.138. The number of carbonyl (C=O) groups is 2. The van der Waals surface area contributed by atoms with Crippen molar-refractivity contribution in [3.63, 3.8) is 0 Å². The van der Waals surface area contributed by atoms with Gasteiger partial charge in [0.15, 0.2) is 5.96 Å². The minimum absolute atomic E-state index is 0.0136. The zero-order valence-electron chi connectivity index (χ0n) is 19.0. The van der Waals surface area contributed by atoms with Crippen LogP contribution in [0.5, 0.6) is 0 Å². The number of carbonyl (C=O) groups excluding carboxylic acids is 1. The van der Waals surface area contributed by atoms with Gasteiger partial charge in [0.05, 0.1) is 6.54 Å². The first-order chi connectivity index (χ1) is 16.9. The molecule has 0 aliphatic rings. The van der Waals surface area contributed by atoms with Gasteiger partial charge in [-0.1, -0.05) is 78.9 Å². The van der Waals surface area contributed by atoms with E-state index in [-0.39, 0.29) is 12.4 Å². The fraction of sp³-hybridized carbons (Fsp3) is 0.107. The van der Waals surface area contributed by atoms with Gasteiger partial charge in [0.2, 0.25) is 0 Å². The van der Waals surface area contributed by atoms with E-state index < -0.39 is 17.9 Å². The maximum Gasteiger partial charge on any atom is 0.320 e. The molecule has 176 valence electrons. The number of hydrogen-bond donors (Lipinski definition) is 4. The molecule has 0 aromatic heterocycles. The van der Waals surface area contributed by atoms with E-state index in [1.165, 1.54) is 0 Å². The van der Waals surface area contributed by atoms with Crippen molar-refractivity contribution in [1.29, 1.82) is 0 Å². The van der Waals surface area contributed by atoms with Crippen molar-refractivity contribution in [2.75, 3.05) is 0 Å². The third-order valence-electron chi connectivity index (χ3n) is 5.75. The van der Waals surface area contributed by atoms with Crippen LogP contribution in [0.3, 0.4) is 0 Å². The minimum Gasteiger partial charge on any atom is -0.480 e. The number of nitrogens with zero attached hydrogens (tertiary/aromatic N) is 1. The van der Waals surface area contributed by atoms with Gasteiger partial charge in [-0.15, -0.1) is 0 Å². The van der Waals surface area contributed by atoms with Crippen LogP contribution in [0.25, 0.3) is 21.9 Å². The third kappa shape index (κ3) is 5.72. The quantitative estimate of drug-likeness (QED) is 0.244. The number of carboxylic acids is 1. The summed E-state index contributed by atoms with van der Waals surface area (Å²) in [6.45, 7) is 0.303. The van der Waals surface area contributed by atoms with E-state index in [9.17, 15) is 9.59 Å². The van der Waals surface area contributed by atoms with Crippen molar-refractivity contribution in [2.45, 2.75) is 19.0 Å². The Morgan fingerprint density at radius 1 is 0.857 bits per heavy atom. The number of carboxylic acid groups (broad SMARTS) is 1. The Kier molecular flexibility index (Phi) is 7.18. The molecular formula is C28H26N4O3. The molecule has 35 heavy (non-hydrogen) atoms. The molecule has 7 nitrogen and oxygen atoms in total. The van der Waals surface area contributed by atoms with E-state index in [2.05, 4.69) is 40.6 Å². The second-order valence-electron chi connectivity index (χ2n) is 8.19. The predicted molar refractivity (Wildman–Crippen MR) is 138 cm³/mol. The van der Waals surface area contributed by atoms with Gasteiger partial charge in [-0.05, 0) is 51.6 Å². The van der Waals surface area contributed by atoms with Crippen LogP contribution in [-0.4, -0.2) is 29.0 Å². The maximum absolute atomic E-state index is 12.6. The molecule has 1 atom stereocenters. The third-order valence-corrected chi connectivity index (χ3v) is 5.75. The molecule has 0 radical (unpaired) electrons. The summed E-state index contributed by atoms with van der Waals surface area (Å²) in [7, 11) is 0. The van der Waals surface area contributed by atoms with Gasteiger partial charge in [-0.25, -0.2) is 4.99 Å². The molecule has 0 aliphatic carbocycles. The summed E-state index contributed by atoms with van der Waals surface area (Å²) in [6, 6.07) is 28.0. The highest BCUT2D eigenvalue weighted by molar-refractivity contribution is 6.05. The first kappa shape index (κ1) is 23.7. The van der Waals surface area contributed by atoms with E-state index in [0.29, 0.717) is 12.1 Å². The normalized spacial score (nSPS) is 12.3. The van der Waals surface area contributed by atoms with Gasteiger partial charge in [0.25, 0.3) is 5.91 Å². The van der Waals surface area contributed by atoms with Crippen LogP contribution in [-0.2, 0) is 17.8 Å². The molecule has 4 aromatic rings. The largest absolute Gasteiger partial charge is 0.480 e. The van der Waals surface area contributed by atoms with Crippen LogP contribution >= 0.6 is 0 Å². The molecule has 0 bridgehead atoms. The van der Waals surface area contributed by atoms with Crippen molar-refractivity contribution < 1.29 is 14.7 Å². The number of benzene rings is 4.